The predicted molar refractivity (Wildman–Crippen MR) is 54.9 cm³/mol. The summed E-state index contributed by atoms with van der Waals surface area (Å²) in [4.78, 5) is 0. The molecule has 0 aliphatic heterocycles. The Balaban J connectivity index is 2.77. The summed E-state index contributed by atoms with van der Waals surface area (Å²) in [6.07, 6.45) is 2.12. The molecule has 0 unspecified atom stereocenters. The molecule has 1 nitrogen and oxygen atoms in total. The summed E-state index contributed by atoms with van der Waals surface area (Å²) in [6.45, 7) is 2.20. The number of ether oxygens (including phenoxy) is 1. The molecule has 1 atom stereocenters. The summed E-state index contributed by atoms with van der Waals surface area (Å²) in [6, 6.07) is 8.23. The third-order valence-electron chi connectivity index (χ3n) is 1.94. The molecule has 0 radical (unpaired) electrons. The normalized spacial score (nSPS) is 12.6. The Kier molecular flexibility index (Phi) is 3.48. The summed E-state index contributed by atoms with van der Waals surface area (Å²) in [7, 11) is 1.69. The van der Waals surface area contributed by atoms with E-state index in [1.807, 2.05) is 23.9 Å². The molecule has 66 valence electrons. The van der Waals surface area contributed by atoms with Crippen molar-refractivity contribution in [1.82, 2.24) is 0 Å². The minimum absolute atomic E-state index is 0.566. The van der Waals surface area contributed by atoms with Crippen LogP contribution in [0.5, 0.6) is 5.75 Å². The summed E-state index contributed by atoms with van der Waals surface area (Å²) in [5.41, 5.74) is 1.35. The highest BCUT2D eigenvalue weighted by Crippen LogP contribution is 2.26. The van der Waals surface area contributed by atoms with Crippen molar-refractivity contribution >= 4 is 11.8 Å². The fraction of sp³-hybridized carbons (Fsp3) is 0.400. The van der Waals surface area contributed by atoms with E-state index in [1.54, 1.807) is 7.11 Å². The first-order valence-corrected chi connectivity index (χ1v) is 5.23. The van der Waals surface area contributed by atoms with Crippen molar-refractivity contribution in [3.8, 4) is 5.75 Å². The van der Waals surface area contributed by atoms with E-state index >= 15 is 0 Å². The molecular formula is C10H14OS. The Labute approximate surface area is 78.1 Å². The Morgan fingerprint density at radius 2 is 1.83 bits per heavy atom. The molecule has 12 heavy (non-hydrogen) atoms. The Morgan fingerprint density at radius 3 is 2.25 bits per heavy atom. The zero-order valence-corrected chi connectivity index (χ0v) is 8.52. The third-order valence-corrected chi connectivity index (χ3v) is 2.92. The molecule has 0 saturated heterocycles. The van der Waals surface area contributed by atoms with Gasteiger partial charge in [0.15, 0.2) is 0 Å². The van der Waals surface area contributed by atoms with Crippen molar-refractivity contribution in [2.45, 2.75) is 12.2 Å². The molecule has 1 aromatic rings. The molecule has 0 N–H and O–H groups in total. The zero-order valence-electron chi connectivity index (χ0n) is 7.70. The van der Waals surface area contributed by atoms with E-state index in [0.717, 1.165) is 5.75 Å². The van der Waals surface area contributed by atoms with Gasteiger partial charge >= 0.3 is 0 Å². The van der Waals surface area contributed by atoms with Crippen molar-refractivity contribution in [3.05, 3.63) is 29.8 Å². The van der Waals surface area contributed by atoms with Gasteiger partial charge in [-0.1, -0.05) is 12.1 Å². The van der Waals surface area contributed by atoms with Crippen LogP contribution in [0.2, 0.25) is 0 Å². The second kappa shape index (κ2) is 4.41. The van der Waals surface area contributed by atoms with Crippen molar-refractivity contribution in [3.63, 3.8) is 0 Å². The van der Waals surface area contributed by atoms with Crippen LogP contribution in [0, 0.1) is 0 Å². The molecule has 0 saturated carbocycles. The minimum atomic E-state index is 0.566. The van der Waals surface area contributed by atoms with E-state index in [2.05, 4.69) is 25.3 Å². The highest BCUT2D eigenvalue weighted by molar-refractivity contribution is 7.98. The average Bonchev–Trinajstić information content (AvgIpc) is 2.17. The molecule has 2 heteroatoms. The topological polar surface area (TPSA) is 9.23 Å². The van der Waals surface area contributed by atoms with E-state index in [9.17, 15) is 0 Å². The third kappa shape index (κ3) is 2.18. The number of hydrogen-bond donors (Lipinski definition) is 0. The lowest BCUT2D eigenvalue weighted by Gasteiger charge is -2.08. The van der Waals surface area contributed by atoms with E-state index < -0.39 is 0 Å². The van der Waals surface area contributed by atoms with Crippen molar-refractivity contribution in [1.29, 1.82) is 0 Å². The zero-order chi connectivity index (χ0) is 8.97. The first-order valence-electron chi connectivity index (χ1n) is 3.94. The molecular weight excluding hydrogens is 168 g/mol. The fourth-order valence-electron chi connectivity index (χ4n) is 1.01. The fourth-order valence-corrected chi connectivity index (χ4v) is 1.44. The maximum Gasteiger partial charge on any atom is 0.118 e. The first kappa shape index (κ1) is 9.46. The molecule has 1 aromatic carbocycles. The van der Waals surface area contributed by atoms with Crippen LogP contribution in [0.4, 0.5) is 0 Å². The lowest BCUT2D eigenvalue weighted by molar-refractivity contribution is 0.414. The van der Waals surface area contributed by atoms with Crippen molar-refractivity contribution in [2.75, 3.05) is 13.4 Å². The monoisotopic (exact) mass is 182 g/mol. The Morgan fingerprint density at radius 1 is 1.25 bits per heavy atom. The van der Waals surface area contributed by atoms with Gasteiger partial charge in [0.25, 0.3) is 0 Å². The molecule has 1 rings (SSSR count). The van der Waals surface area contributed by atoms with Crippen LogP contribution in [0.3, 0.4) is 0 Å². The molecule has 0 aromatic heterocycles. The van der Waals surface area contributed by atoms with Gasteiger partial charge in [-0.15, -0.1) is 0 Å². The van der Waals surface area contributed by atoms with Crippen LogP contribution < -0.4 is 4.74 Å². The van der Waals surface area contributed by atoms with Crippen LogP contribution in [-0.2, 0) is 0 Å². The van der Waals surface area contributed by atoms with Crippen LogP contribution in [0.25, 0.3) is 0 Å². The standard InChI is InChI=1S/C10H14OS/c1-8(12-3)9-4-6-10(11-2)7-5-9/h4-8H,1-3H3/t8-/m0/s1. The largest absolute Gasteiger partial charge is 0.497 e. The van der Waals surface area contributed by atoms with Gasteiger partial charge in [0, 0.05) is 5.25 Å². The summed E-state index contributed by atoms with van der Waals surface area (Å²) in [5.74, 6) is 0.923. The number of thioether (sulfide) groups is 1. The van der Waals surface area contributed by atoms with Gasteiger partial charge in [-0.25, -0.2) is 0 Å². The van der Waals surface area contributed by atoms with Crippen molar-refractivity contribution < 1.29 is 4.74 Å². The van der Waals surface area contributed by atoms with Crippen LogP contribution in [0.15, 0.2) is 24.3 Å². The van der Waals surface area contributed by atoms with Crippen LogP contribution in [0.1, 0.15) is 17.7 Å². The molecule has 0 amide bonds. The SMILES string of the molecule is COc1ccc([C@H](C)SC)cc1. The van der Waals surface area contributed by atoms with Gasteiger partial charge in [-0.05, 0) is 30.9 Å². The molecule has 0 heterocycles. The van der Waals surface area contributed by atoms with Gasteiger partial charge in [0.05, 0.1) is 7.11 Å². The lowest BCUT2D eigenvalue weighted by Crippen LogP contribution is -1.87. The maximum absolute atomic E-state index is 5.08. The van der Waals surface area contributed by atoms with Crippen molar-refractivity contribution in [2.24, 2.45) is 0 Å². The number of benzene rings is 1. The van der Waals surface area contributed by atoms with Gasteiger partial charge < -0.3 is 4.74 Å². The number of hydrogen-bond acceptors (Lipinski definition) is 2. The molecule has 0 fully saturated rings. The second-order valence-electron chi connectivity index (χ2n) is 2.65. The highest BCUT2D eigenvalue weighted by atomic mass is 32.2. The lowest BCUT2D eigenvalue weighted by atomic mass is 10.2. The van der Waals surface area contributed by atoms with E-state index in [0.29, 0.717) is 5.25 Å². The summed E-state index contributed by atoms with van der Waals surface area (Å²) < 4.78 is 5.08. The smallest absolute Gasteiger partial charge is 0.118 e. The second-order valence-corrected chi connectivity index (χ2v) is 3.83. The predicted octanol–water partition coefficient (Wildman–Crippen LogP) is 3.12. The van der Waals surface area contributed by atoms with Gasteiger partial charge in [-0.3, -0.25) is 0 Å². The molecule has 0 spiro atoms. The maximum atomic E-state index is 5.08. The minimum Gasteiger partial charge on any atom is -0.497 e. The molecule has 0 aliphatic carbocycles. The van der Waals surface area contributed by atoms with E-state index in [4.69, 9.17) is 4.74 Å². The molecule has 0 aliphatic rings. The number of methoxy groups -OCH3 is 1. The summed E-state index contributed by atoms with van der Waals surface area (Å²) >= 11 is 1.85. The molecule has 0 bridgehead atoms. The van der Waals surface area contributed by atoms with E-state index in [-0.39, 0.29) is 0 Å². The Bertz CT molecular complexity index is 230. The Hall–Kier alpha value is -0.630. The quantitative estimate of drug-likeness (QED) is 0.710. The van der Waals surface area contributed by atoms with Gasteiger partial charge in [-0.2, -0.15) is 11.8 Å². The van der Waals surface area contributed by atoms with Gasteiger partial charge in [0.1, 0.15) is 5.75 Å². The van der Waals surface area contributed by atoms with Gasteiger partial charge in [0.2, 0.25) is 0 Å². The average molecular weight is 182 g/mol. The first-order chi connectivity index (χ1) is 5.77. The summed E-state index contributed by atoms with van der Waals surface area (Å²) in [5, 5.41) is 0.566. The van der Waals surface area contributed by atoms with Crippen LogP contribution in [-0.4, -0.2) is 13.4 Å². The number of rotatable bonds is 3. The highest BCUT2D eigenvalue weighted by Gasteiger charge is 2.01. The van der Waals surface area contributed by atoms with E-state index in [1.165, 1.54) is 5.56 Å². The van der Waals surface area contributed by atoms with Crippen LogP contribution >= 0.6 is 11.8 Å².